The molecule has 0 saturated carbocycles. The van der Waals surface area contributed by atoms with E-state index < -0.39 is 5.60 Å². The highest BCUT2D eigenvalue weighted by molar-refractivity contribution is 6.31. The van der Waals surface area contributed by atoms with Crippen LogP contribution in [0.2, 0.25) is 5.02 Å². The van der Waals surface area contributed by atoms with Crippen molar-refractivity contribution in [3.63, 3.8) is 0 Å². The van der Waals surface area contributed by atoms with Crippen LogP contribution >= 0.6 is 11.6 Å². The molecule has 98 valence electrons. The summed E-state index contributed by atoms with van der Waals surface area (Å²) in [5.74, 6) is -0.329. The first-order chi connectivity index (χ1) is 8.50. The number of nitrogen functional groups attached to an aromatic ring is 1. The molecule has 1 amide bonds. The number of carbonyl (C=O) groups excluding carboxylic acids is 1. The van der Waals surface area contributed by atoms with E-state index in [1.54, 1.807) is 12.1 Å². The van der Waals surface area contributed by atoms with Crippen molar-refractivity contribution >= 4 is 23.2 Å². The highest BCUT2D eigenvalue weighted by Crippen LogP contribution is 2.19. The molecule has 6 heteroatoms. The third kappa shape index (κ3) is 2.93. The number of ether oxygens (including phenoxy) is 1. The van der Waals surface area contributed by atoms with E-state index in [1.807, 2.05) is 0 Å². The Labute approximate surface area is 110 Å². The Hall–Kier alpha value is -1.30. The molecule has 0 spiro atoms. The number of nitrogens with two attached hydrogens (primary N) is 1. The van der Waals surface area contributed by atoms with Gasteiger partial charge in [0.05, 0.1) is 12.2 Å². The normalized spacial score (nSPS) is 23.0. The SMILES string of the molecule is Nc1cc(Cl)ccc1C(=O)NCC1(O)CCOC1. The predicted octanol–water partition coefficient (Wildman–Crippen LogP) is 0.803. The molecule has 1 saturated heterocycles. The smallest absolute Gasteiger partial charge is 0.253 e. The summed E-state index contributed by atoms with van der Waals surface area (Å²) in [6.07, 6.45) is 0.517. The maximum atomic E-state index is 11.9. The van der Waals surface area contributed by atoms with Crippen LogP contribution in [0.1, 0.15) is 16.8 Å². The highest BCUT2D eigenvalue weighted by atomic mass is 35.5. The Morgan fingerprint density at radius 3 is 3.00 bits per heavy atom. The van der Waals surface area contributed by atoms with Crippen molar-refractivity contribution in [1.29, 1.82) is 0 Å². The van der Waals surface area contributed by atoms with Crippen molar-refractivity contribution in [1.82, 2.24) is 5.32 Å². The lowest BCUT2D eigenvalue weighted by molar-refractivity contribution is 0.0265. The molecule has 1 aromatic rings. The van der Waals surface area contributed by atoms with Gasteiger partial charge >= 0.3 is 0 Å². The molecule has 1 aromatic carbocycles. The minimum atomic E-state index is -0.975. The molecule has 2 rings (SSSR count). The van der Waals surface area contributed by atoms with E-state index in [9.17, 15) is 9.90 Å². The zero-order chi connectivity index (χ0) is 13.2. The quantitative estimate of drug-likeness (QED) is 0.710. The maximum absolute atomic E-state index is 11.9. The first-order valence-electron chi connectivity index (χ1n) is 5.63. The van der Waals surface area contributed by atoms with Crippen molar-refractivity contribution < 1.29 is 14.6 Å². The van der Waals surface area contributed by atoms with Gasteiger partial charge in [-0.15, -0.1) is 0 Å². The average molecular weight is 271 g/mol. The monoisotopic (exact) mass is 270 g/mol. The number of nitrogens with one attached hydrogen (secondary N) is 1. The number of aliphatic hydroxyl groups is 1. The molecule has 0 aromatic heterocycles. The standard InChI is InChI=1S/C12H15ClN2O3/c13-8-1-2-9(10(14)5-8)11(16)15-6-12(17)3-4-18-7-12/h1-2,5,17H,3-4,6-7,14H2,(H,15,16). The van der Waals surface area contributed by atoms with Gasteiger partial charge in [0.2, 0.25) is 0 Å². The van der Waals surface area contributed by atoms with Crippen LogP contribution in [0.15, 0.2) is 18.2 Å². The van der Waals surface area contributed by atoms with Crippen LogP contribution in [0.3, 0.4) is 0 Å². The number of hydrogen-bond acceptors (Lipinski definition) is 4. The number of rotatable bonds is 3. The van der Waals surface area contributed by atoms with Crippen molar-refractivity contribution in [2.24, 2.45) is 0 Å². The van der Waals surface area contributed by atoms with E-state index in [2.05, 4.69) is 5.32 Å². The first-order valence-corrected chi connectivity index (χ1v) is 6.01. The summed E-state index contributed by atoms with van der Waals surface area (Å²) >= 11 is 5.76. The fourth-order valence-corrected chi connectivity index (χ4v) is 2.00. The Morgan fingerprint density at radius 2 is 2.39 bits per heavy atom. The van der Waals surface area contributed by atoms with Crippen molar-refractivity contribution in [2.45, 2.75) is 12.0 Å². The van der Waals surface area contributed by atoms with Crippen LogP contribution in [0.25, 0.3) is 0 Å². The second kappa shape index (κ2) is 5.14. The van der Waals surface area contributed by atoms with Gasteiger partial charge in [0.1, 0.15) is 5.60 Å². The van der Waals surface area contributed by atoms with Gasteiger partial charge in [-0.05, 0) is 18.2 Å². The zero-order valence-electron chi connectivity index (χ0n) is 9.78. The zero-order valence-corrected chi connectivity index (χ0v) is 10.5. The van der Waals surface area contributed by atoms with Crippen molar-refractivity contribution in [3.05, 3.63) is 28.8 Å². The molecule has 1 aliphatic rings. The van der Waals surface area contributed by atoms with E-state index in [1.165, 1.54) is 6.07 Å². The number of amides is 1. The van der Waals surface area contributed by atoms with Crippen LogP contribution in [-0.4, -0.2) is 36.4 Å². The summed E-state index contributed by atoms with van der Waals surface area (Å²) in [6.45, 7) is 0.896. The Morgan fingerprint density at radius 1 is 1.61 bits per heavy atom. The van der Waals surface area contributed by atoms with Crippen LogP contribution in [-0.2, 0) is 4.74 Å². The molecule has 1 unspecified atom stereocenters. The minimum absolute atomic E-state index is 0.147. The second-order valence-electron chi connectivity index (χ2n) is 4.44. The molecule has 0 aliphatic carbocycles. The minimum Gasteiger partial charge on any atom is -0.398 e. The van der Waals surface area contributed by atoms with Crippen molar-refractivity contribution in [3.8, 4) is 0 Å². The third-order valence-corrected chi connectivity index (χ3v) is 3.15. The largest absolute Gasteiger partial charge is 0.398 e. The van der Waals surface area contributed by atoms with Gasteiger partial charge in [-0.25, -0.2) is 0 Å². The summed E-state index contributed by atoms with van der Waals surface area (Å²) in [7, 11) is 0. The van der Waals surface area contributed by atoms with Gasteiger partial charge in [-0.1, -0.05) is 11.6 Å². The van der Waals surface area contributed by atoms with Gasteiger partial charge < -0.3 is 20.9 Å². The summed E-state index contributed by atoms with van der Waals surface area (Å²) < 4.78 is 5.09. The van der Waals surface area contributed by atoms with E-state index in [-0.39, 0.29) is 19.1 Å². The fourth-order valence-electron chi connectivity index (χ4n) is 1.82. The molecule has 18 heavy (non-hydrogen) atoms. The molecule has 5 nitrogen and oxygen atoms in total. The van der Waals surface area contributed by atoms with E-state index in [0.29, 0.717) is 29.3 Å². The molecular formula is C12H15ClN2O3. The number of carbonyl (C=O) groups is 1. The molecular weight excluding hydrogens is 256 g/mol. The summed E-state index contributed by atoms with van der Waals surface area (Å²) in [5, 5.41) is 13.1. The average Bonchev–Trinajstić information content (AvgIpc) is 2.74. The van der Waals surface area contributed by atoms with E-state index in [4.69, 9.17) is 22.1 Å². The molecule has 1 atom stereocenters. The molecule has 0 radical (unpaired) electrons. The van der Waals surface area contributed by atoms with Gasteiger partial charge in [0.25, 0.3) is 5.91 Å². The number of halogens is 1. The maximum Gasteiger partial charge on any atom is 0.253 e. The predicted molar refractivity (Wildman–Crippen MR) is 68.6 cm³/mol. The van der Waals surface area contributed by atoms with Crippen LogP contribution in [0.5, 0.6) is 0 Å². The second-order valence-corrected chi connectivity index (χ2v) is 4.88. The van der Waals surface area contributed by atoms with Crippen LogP contribution in [0.4, 0.5) is 5.69 Å². The van der Waals surface area contributed by atoms with Gasteiger partial charge in [-0.3, -0.25) is 4.79 Å². The molecule has 1 aliphatic heterocycles. The number of hydrogen-bond donors (Lipinski definition) is 3. The Kier molecular flexibility index (Phi) is 3.75. The lowest BCUT2D eigenvalue weighted by atomic mass is 10.0. The first kappa shape index (κ1) is 13.1. The summed E-state index contributed by atoms with van der Waals surface area (Å²) in [4.78, 5) is 11.9. The Balaban J connectivity index is 1.99. The van der Waals surface area contributed by atoms with E-state index in [0.717, 1.165) is 0 Å². The van der Waals surface area contributed by atoms with Gasteiger partial charge in [0.15, 0.2) is 0 Å². The molecule has 1 heterocycles. The summed E-state index contributed by atoms with van der Waals surface area (Å²) in [6, 6.07) is 4.67. The lowest BCUT2D eigenvalue weighted by Crippen LogP contribution is -2.43. The van der Waals surface area contributed by atoms with E-state index >= 15 is 0 Å². The number of anilines is 1. The fraction of sp³-hybridized carbons (Fsp3) is 0.417. The van der Waals surface area contributed by atoms with Gasteiger partial charge in [0, 0.05) is 30.3 Å². The van der Waals surface area contributed by atoms with Crippen LogP contribution in [0, 0.1) is 0 Å². The number of benzene rings is 1. The molecule has 0 bridgehead atoms. The third-order valence-electron chi connectivity index (χ3n) is 2.92. The highest BCUT2D eigenvalue weighted by Gasteiger charge is 2.32. The molecule has 4 N–H and O–H groups in total. The van der Waals surface area contributed by atoms with Gasteiger partial charge in [-0.2, -0.15) is 0 Å². The molecule has 1 fully saturated rings. The van der Waals surface area contributed by atoms with Crippen molar-refractivity contribution in [2.75, 3.05) is 25.5 Å². The topological polar surface area (TPSA) is 84.6 Å². The summed E-state index contributed by atoms with van der Waals surface area (Å²) in [5.41, 5.74) is 5.39. The lowest BCUT2D eigenvalue weighted by Gasteiger charge is -2.20. The van der Waals surface area contributed by atoms with Crippen LogP contribution < -0.4 is 11.1 Å². The Bertz CT molecular complexity index is 459.